The molecule has 2 atom stereocenters. The van der Waals surface area contributed by atoms with Crippen LogP contribution in [0.25, 0.3) is 0 Å². The molecule has 0 saturated carbocycles. The average Bonchev–Trinajstić information content (AvgIpc) is 3.24. The van der Waals surface area contributed by atoms with E-state index in [0.717, 1.165) is 25.3 Å². The SMILES string of the molecule is C=C/C=C(C(=O)/C=C/N1CC2CC1CN2c1ccccn1)\C(O)=C/C. The number of nitrogens with zero attached hydrogens (tertiary/aromatic N) is 3. The van der Waals surface area contributed by atoms with Gasteiger partial charge in [0.05, 0.1) is 5.57 Å². The number of carbonyl (C=O) groups is 1. The first-order chi connectivity index (χ1) is 12.1. The van der Waals surface area contributed by atoms with Crippen LogP contribution in [-0.2, 0) is 4.79 Å². The molecule has 2 unspecified atom stereocenters. The van der Waals surface area contributed by atoms with Gasteiger partial charge in [0.2, 0.25) is 0 Å². The molecule has 1 aromatic heterocycles. The van der Waals surface area contributed by atoms with Crippen LogP contribution in [0.1, 0.15) is 13.3 Å². The summed E-state index contributed by atoms with van der Waals surface area (Å²) in [5, 5.41) is 9.84. The first kappa shape index (κ1) is 17.0. The molecule has 0 amide bonds. The van der Waals surface area contributed by atoms with Gasteiger partial charge >= 0.3 is 0 Å². The number of piperazine rings is 1. The van der Waals surface area contributed by atoms with Crippen LogP contribution in [0.5, 0.6) is 0 Å². The van der Waals surface area contributed by atoms with E-state index in [-0.39, 0.29) is 17.1 Å². The first-order valence-electron chi connectivity index (χ1n) is 8.48. The standard InChI is InChI=1S/C20H23N3O2/c1-3-7-17(18(24)4-2)19(25)9-11-22-13-16-12-15(22)14-23(16)20-8-5-6-10-21-20/h3-11,15-16,24H,1,12-14H2,2H3/b11-9+,17-7+,18-4+. The van der Waals surface area contributed by atoms with Gasteiger partial charge in [-0.25, -0.2) is 4.98 Å². The summed E-state index contributed by atoms with van der Waals surface area (Å²) >= 11 is 0. The number of carbonyl (C=O) groups excluding carboxylic acids is 1. The number of ketones is 1. The third-order valence-corrected chi connectivity index (χ3v) is 4.74. The van der Waals surface area contributed by atoms with Gasteiger partial charge in [-0.1, -0.05) is 18.7 Å². The van der Waals surface area contributed by atoms with Gasteiger partial charge < -0.3 is 14.9 Å². The van der Waals surface area contributed by atoms with E-state index in [9.17, 15) is 9.90 Å². The summed E-state index contributed by atoms with van der Waals surface area (Å²) in [6, 6.07) is 6.78. The molecule has 0 aliphatic carbocycles. The number of anilines is 1. The summed E-state index contributed by atoms with van der Waals surface area (Å²) in [7, 11) is 0. The lowest BCUT2D eigenvalue weighted by Crippen LogP contribution is -2.44. The maximum absolute atomic E-state index is 12.3. The summed E-state index contributed by atoms with van der Waals surface area (Å²) in [4.78, 5) is 21.3. The van der Waals surface area contributed by atoms with Crippen LogP contribution in [-0.4, -0.2) is 45.9 Å². The second-order valence-corrected chi connectivity index (χ2v) is 6.25. The molecule has 25 heavy (non-hydrogen) atoms. The Morgan fingerprint density at radius 3 is 2.80 bits per heavy atom. The van der Waals surface area contributed by atoms with E-state index in [1.54, 1.807) is 6.92 Å². The Morgan fingerprint density at radius 1 is 1.36 bits per heavy atom. The second-order valence-electron chi connectivity index (χ2n) is 6.25. The van der Waals surface area contributed by atoms with Crippen molar-refractivity contribution >= 4 is 11.6 Å². The Morgan fingerprint density at radius 2 is 2.20 bits per heavy atom. The van der Waals surface area contributed by atoms with Gasteiger partial charge in [0.1, 0.15) is 11.6 Å². The summed E-state index contributed by atoms with van der Waals surface area (Å²) in [6.07, 6.45) is 10.8. The van der Waals surface area contributed by atoms with Crippen molar-refractivity contribution in [2.45, 2.75) is 25.4 Å². The molecule has 2 saturated heterocycles. The molecular weight excluding hydrogens is 314 g/mol. The monoisotopic (exact) mass is 337 g/mol. The van der Waals surface area contributed by atoms with Crippen LogP contribution in [0, 0.1) is 0 Å². The molecule has 5 nitrogen and oxygen atoms in total. The molecule has 0 aromatic carbocycles. The highest BCUT2D eigenvalue weighted by Gasteiger charge is 2.42. The van der Waals surface area contributed by atoms with Crippen molar-refractivity contribution in [1.29, 1.82) is 0 Å². The molecule has 2 aliphatic rings. The van der Waals surface area contributed by atoms with E-state index in [4.69, 9.17) is 0 Å². The molecule has 2 fully saturated rings. The second kappa shape index (κ2) is 7.38. The predicted octanol–water partition coefficient (Wildman–Crippen LogP) is 3.00. The Labute approximate surface area is 148 Å². The number of allylic oxidation sites excluding steroid dienone is 5. The van der Waals surface area contributed by atoms with Crippen LogP contribution >= 0.6 is 0 Å². The largest absolute Gasteiger partial charge is 0.508 e. The molecule has 1 N–H and O–H groups in total. The van der Waals surface area contributed by atoms with Crippen molar-refractivity contribution in [3.05, 3.63) is 72.8 Å². The quantitative estimate of drug-likeness (QED) is 0.491. The fourth-order valence-corrected chi connectivity index (χ4v) is 3.50. The van der Waals surface area contributed by atoms with Crippen molar-refractivity contribution in [3.8, 4) is 0 Å². The van der Waals surface area contributed by atoms with Gasteiger partial charge in [-0.2, -0.15) is 0 Å². The first-order valence-corrected chi connectivity index (χ1v) is 8.48. The number of likely N-dealkylation sites (tertiary alicyclic amines) is 1. The zero-order valence-corrected chi connectivity index (χ0v) is 14.4. The van der Waals surface area contributed by atoms with E-state index < -0.39 is 0 Å². The molecular formula is C20H23N3O2. The summed E-state index contributed by atoms with van der Waals surface area (Å²) in [5.74, 6) is 0.766. The molecule has 1 aromatic rings. The van der Waals surface area contributed by atoms with Crippen molar-refractivity contribution < 1.29 is 9.90 Å². The molecule has 0 radical (unpaired) electrons. The van der Waals surface area contributed by atoms with Gasteiger partial charge in [0.25, 0.3) is 0 Å². The highest BCUT2D eigenvalue weighted by molar-refractivity contribution is 6.06. The molecule has 2 aliphatic heterocycles. The molecule has 0 spiro atoms. The number of rotatable bonds is 6. The minimum atomic E-state index is -0.222. The van der Waals surface area contributed by atoms with Crippen LogP contribution in [0.15, 0.2) is 72.8 Å². The van der Waals surface area contributed by atoms with E-state index >= 15 is 0 Å². The van der Waals surface area contributed by atoms with Crippen LogP contribution in [0.4, 0.5) is 5.82 Å². The predicted molar refractivity (Wildman–Crippen MR) is 99.3 cm³/mol. The van der Waals surface area contributed by atoms with Gasteiger partial charge in [0.15, 0.2) is 5.78 Å². The third kappa shape index (κ3) is 3.50. The smallest absolute Gasteiger partial charge is 0.190 e. The van der Waals surface area contributed by atoms with Crippen LogP contribution < -0.4 is 4.90 Å². The Bertz CT molecular complexity index is 737. The van der Waals surface area contributed by atoms with Crippen molar-refractivity contribution in [1.82, 2.24) is 9.88 Å². The topological polar surface area (TPSA) is 56.7 Å². The Hall–Kier alpha value is -2.82. The number of aromatic nitrogens is 1. The summed E-state index contributed by atoms with van der Waals surface area (Å²) < 4.78 is 0. The molecule has 3 heterocycles. The number of fused-ring (bicyclic) bond motifs is 2. The Balaban J connectivity index is 1.65. The van der Waals surface area contributed by atoms with E-state index in [1.165, 1.54) is 24.3 Å². The number of hydrogen-bond acceptors (Lipinski definition) is 5. The van der Waals surface area contributed by atoms with Crippen LogP contribution in [0.2, 0.25) is 0 Å². The zero-order chi connectivity index (χ0) is 17.8. The van der Waals surface area contributed by atoms with Crippen molar-refractivity contribution in [2.24, 2.45) is 0 Å². The summed E-state index contributed by atoms with van der Waals surface area (Å²) in [5.41, 5.74) is 0.258. The van der Waals surface area contributed by atoms with E-state index in [2.05, 4.69) is 21.4 Å². The lowest BCUT2D eigenvalue weighted by Gasteiger charge is -2.34. The highest BCUT2D eigenvalue weighted by Crippen LogP contribution is 2.33. The van der Waals surface area contributed by atoms with E-state index in [0.29, 0.717) is 12.1 Å². The minimum absolute atomic E-state index is 0.0289. The Kier molecular flexibility index (Phi) is 5.03. The molecule has 3 rings (SSSR count). The fraction of sp³-hybridized carbons (Fsp3) is 0.300. The minimum Gasteiger partial charge on any atom is -0.508 e. The lowest BCUT2D eigenvalue weighted by atomic mass is 10.1. The number of aliphatic hydroxyl groups excluding tert-OH is 1. The maximum Gasteiger partial charge on any atom is 0.190 e. The molecule has 5 heteroatoms. The number of pyridine rings is 1. The highest BCUT2D eigenvalue weighted by atomic mass is 16.3. The van der Waals surface area contributed by atoms with Gasteiger partial charge in [0, 0.05) is 43.6 Å². The van der Waals surface area contributed by atoms with Crippen molar-refractivity contribution in [3.63, 3.8) is 0 Å². The zero-order valence-electron chi connectivity index (χ0n) is 14.4. The molecule has 130 valence electrons. The average molecular weight is 337 g/mol. The fourth-order valence-electron chi connectivity index (χ4n) is 3.50. The van der Waals surface area contributed by atoms with Gasteiger partial charge in [-0.05, 0) is 37.6 Å². The molecule has 2 bridgehead atoms. The third-order valence-electron chi connectivity index (χ3n) is 4.74. The van der Waals surface area contributed by atoms with Gasteiger partial charge in [-0.3, -0.25) is 4.79 Å². The number of hydrogen-bond donors (Lipinski definition) is 1. The maximum atomic E-state index is 12.3. The lowest BCUT2D eigenvalue weighted by molar-refractivity contribution is -0.111. The number of aliphatic hydroxyl groups is 1. The van der Waals surface area contributed by atoms with Crippen LogP contribution in [0.3, 0.4) is 0 Å². The normalized spacial score (nSPS) is 23.6. The summed E-state index contributed by atoms with van der Waals surface area (Å²) in [6.45, 7) is 7.07. The van der Waals surface area contributed by atoms with Gasteiger partial charge in [-0.15, -0.1) is 0 Å². The van der Waals surface area contributed by atoms with E-state index in [1.807, 2.05) is 30.6 Å². The van der Waals surface area contributed by atoms with Crippen molar-refractivity contribution in [2.75, 3.05) is 18.0 Å².